The Labute approximate surface area is 178 Å². The van der Waals surface area contributed by atoms with Gasteiger partial charge in [0.25, 0.3) is 0 Å². The van der Waals surface area contributed by atoms with Crippen LogP contribution >= 0.6 is 0 Å². The van der Waals surface area contributed by atoms with E-state index in [0.717, 1.165) is 23.3 Å². The van der Waals surface area contributed by atoms with E-state index in [1.54, 1.807) is 24.7 Å². The normalized spacial score (nSPS) is 29.4. The predicted molar refractivity (Wildman–Crippen MR) is 116 cm³/mol. The van der Waals surface area contributed by atoms with Gasteiger partial charge in [-0.25, -0.2) is 4.79 Å². The maximum absolute atomic E-state index is 12.6. The summed E-state index contributed by atoms with van der Waals surface area (Å²) in [5.74, 6) is 2.34. The minimum absolute atomic E-state index is 0.316. The molecular weight excluding hydrogens is 372 g/mol. The van der Waals surface area contributed by atoms with Crippen LogP contribution in [0.15, 0.2) is 30.5 Å². The molecule has 1 aromatic heterocycles. The van der Waals surface area contributed by atoms with Gasteiger partial charge in [-0.2, -0.15) is 5.26 Å². The standard InChI is InChI=1S/C26H30N2O2/c1-3-30-25(29)24-23(21(15-27)16-28(24)2)18-7-9-22(10-8-18)26-12-17-5-4-6-19(13-26)20(11-17)14-26/h7-10,16-17,19-20H,3-6,11-14H2,1-2H3/t17-,19-,20?,26+/m0/s1. The number of carbonyl (C=O) groups is 1. The zero-order chi connectivity index (χ0) is 20.9. The highest BCUT2D eigenvalue weighted by molar-refractivity contribution is 5.97. The second-order valence-electron chi connectivity index (χ2n) is 9.73. The molecule has 3 aliphatic carbocycles. The minimum atomic E-state index is -0.377. The van der Waals surface area contributed by atoms with E-state index >= 15 is 0 Å². The molecule has 0 saturated heterocycles. The van der Waals surface area contributed by atoms with Crippen LogP contribution in [0, 0.1) is 29.1 Å². The van der Waals surface area contributed by atoms with Crippen LogP contribution in [-0.4, -0.2) is 17.1 Å². The monoisotopic (exact) mass is 402 g/mol. The Bertz CT molecular complexity index is 1010. The van der Waals surface area contributed by atoms with E-state index in [-0.39, 0.29) is 5.97 Å². The number of aromatic nitrogens is 1. The van der Waals surface area contributed by atoms with Gasteiger partial charge in [0, 0.05) is 18.8 Å². The number of fused-ring (bicyclic) bond motifs is 2. The van der Waals surface area contributed by atoms with Crippen molar-refractivity contribution >= 4 is 5.97 Å². The lowest BCUT2D eigenvalue weighted by Gasteiger charge is -2.38. The third-order valence-corrected chi connectivity index (χ3v) is 8.03. The van der Waals surface area contributed by atoms with Gasteiger partial charge in [-0.15, -0.1) is 0 Å². The highest BCUT2D eigenvalue weighted by atomic mass is 16.5. The van der Waals surface area contributed by atoms with E-state index in [0.29, 0.717) is 28.8 Å². The molecule has 3 fully saturated rings. The molecule has 0 radical (unpaired) electrons. The number of hydrogen-bond donors (Lipinski definition) is 0. The zero-order valence-corrected chi connectivity index (χ0v) is 18.0. The molecular formula is C26H30N2O2. The first-order chi connectivity index (χ1) is 14.5. The number of aryl methyl sites for hydroxylation is 1. The second kappa shape index (κ2) is 7.30. The Morgan fingerprint density at radius 1 is 1.20 bits per heavy atom. The largest absolute Gasteiger partial charge is 0.461 e. The lowest BCUT2D eigenvalue weighted by Crippen LogP contribution is -2.30. The molecule has 3 aliphatic rings. The predicted octanol–water partition coefficient (Wildman–Crippen LogP) is 5.60. The fraction of sp³-hybridized carbons (Fsp3) is 0.538. The summed E-state index contributed by atoms with van der Waals surface area (Å²) in [5, 5.41) is 9.65. The van der Waals surface area contributed by atoms with E-state index in [4.69, 9.17) is 4.74 Å². The van der Waals surface area contributed by atoms with Crippen LogP contribution in [0.25, 0.3) is 11.1 Å². The highest BCUT2D eigenvalue weighted by Gasteiger charge is 2.52. The van der Waals surface area contributed by atoms with Crippen LogP contribution < -0.4 is 0 Å². The van der Waals surface area contributed by atoms with Crippen molar-refractivity contribution in [3.8, 4) is 17.2 Å². The van der Waals surface area contributed by atoms with Crippen molar-refractivity contribution in [2.24, 2.45) is 24.8 Å². The Hall–Kier alpha value is -2.54. The minimum Gasteiger partial charge on any atom is -0.461 e. The Balaban J connectivity index is 1.51. The van der Waals surface area contributed by atoms with E-state index in [9.17, 15) is 10.1 Å². The first-order valence-corrected chi connectivity index (χ1v) is 11.4. The quantitative estimate of drug-likeness (QED) is 0.626. The van der Waals surface area contributed by atoms with Gasteiger partial charge in [0.2, 0.25) is 0 Å². The van der Waals surface area contributed by atoms with Gasteiger partial charge in [-0.1, -0.05) is 43.5 Å². The number of esters is 1. The Morgan fingerprint density at radius 2 is 1.97 bits per heavy atom. The molecule has 0 amide bonds. The number of rotatable bonds is 4. The van der Waals surface area contributed by atoms with Gasteiger partial charge >= 0.3 is 5.97 Å². The number of hydrogen-bond acceptors (Lipinski definition) is 3. The maximum atomic E-state index is 12.6. The zero-order valence-electron chi connectivity index (χ0n) is 18.0. The lowest BCUT2D eigenvalue weighted by atomic mass is 9.66. The summed E-state index contributed by atoms with van der Waals surface area (Å²) < 4.78 is 6.97. The van der Waals surface area contributed by atoms with E-state index in [2.05, 4.69) is 30.3 Å². The van der Waals surface area contributed by atoms with Gasteiger partial charge in [-0.3, -0.25) is 0 Å². The first-order valence-electron chi connectivity index (χ1n) is 11.4. The molecule has 4 atom stereocenters. The SMILES string of the molecule is CCOC(=O)c1c(-c2ccc([C@@]34CC5C[C@H](CCC[C@H]5C3)C4)cc2)c(C#N)cn1C. The molecule has 2 aromatic rings. The summed E-state index contributed by atoms with van der Waals surface area (Å²) in [6.07, 6.45) is 11.4. The fourth-order valence-corrected chi connectivity index (χ4v) is 6.95. The van der Waals surface area contributed by atoms with Crippen LogP contribution in [0.3, 0.4) is 0 Å². The third kappa shape index (κ3) is 2.98. The Kier molecular flexibility index (Phi) is 4.73. The molecule has 1 heterocycles. The first kappa shape index (κ1) is 19.4. The summed E-state index contributed by atoms with van der Waals surface area (Å²) in [6, 6.07) is 11.0. The summed E-state index contributed by atoms with van der Waals surface area (Å²) in [4.78, 5) is 12.6. The summed E-state index contributed by atoms with van der Waals surface area (Å²) in [5.41, 5.74) is 4.37. The molecule has 0 aliphatic heterocycles. The summed E-state index contributed by atoms with van der Waals surface area (Å²) in [6.45, 7) is 2.12. The molecule has 3 bridgehead atoms. The molecule has 30 heavy (non-hydrogen) atoms. The average molecular weight is 403 g/mol. The molecule has 4 heteroatoms. The second-order valence-corrected chi connectivity index (χ2v) is 9.73. The van der Waals surface area contributed by atoms with Crippen molar-refractivity contribution in [1.29, 1.82) is 5.26 Å². The van der Waals surface area contributed by atoms with Gasteiger partial charge in [0.05, 0.1) is 12.2 Å². The van der Waals surface area contributed by atoms with E-state index in [1.165, 1.54) is 50.5 Å². The van der Waals surface area contributed by atoms with Crippen LogP contribution in [0.5, 0.6) is 0 Å². The number of nitrogens with zero attached hydrogens (tertiary/aromatic N) is 2. The fourth-order valence-electron chi connectivity index (χ4n) is 6.95. The van der Waals surface area contributed by atoms with Crippen molar-refractivity contribution in [1.82, 2.24) is 4.57 Å². The van der Waals surface area contributed by atoms with Crippen LogP contribution in [0.4, 0.5) is 0 Å². The maximum Gasteiger partial charge on any atom is 0.355 e. The van der Waals surface area contributed by atoms with E-state index in [1.807, 2.05) is 0 Å². The van der Waals surface area contributed by atoms with Crippen molar-refractivity contribution in [2.75, 3.05) is 6.61 Å². The number of ether oxygens (including phenoxy) is 1. The van der Waals surface area contributed by atoms with Crippen molar-refractivity contribution in [2.45, 2.75) is 57.3 Å². The molecule has 3 saturated carbocycles. The molecule has 1 unspecified atom stereocenters. The van der Waals surface area contributed by atoms with Gasteiger partial charge in [0.1, 0.15) is 11.8 Å². The molecule has 1 aromatic carbocycles. The third-order valence-electron chi connectivity index (χ3n) is 8.03. The van der Waals surface area contributed by atoms with Crippen molar-refractivity contribution < 1.29 is 9.53 Å². The van der Waals surface area contributed by atoms with E-state index < -0.39 is 0 Å². The summed E-state index contributed by atoms with van der Waals surface area (Å²) in [7, 11) is 1.80. The van der Waals surface area contributed by atoms with Crippen molar-refractivity contribution in [3.05, 3.63) is 47.3 Å². The molecule has 0 spiro atoms. The smallest absolute Gasteiger partial charge is 0.355 e. The average Bonchev–Trinajstić information content (AvgIpc) is 3.16. The summed E-state index contributed by atoms with van der Waals surface area (Å²) >= 11 is 0. The van der Waals surface area contributed by atoms with Gasteiger partial charge in [-0.05, 0) is 66.9 Å². The van der Waals surface area contributed by atoms with Crippen LogP contribution in [0.2, 0.25) is 0 Å². The molecule has 5 rings (SSSR count). The van der Waals surface area contributed by atoms with Crippen LogP contribution in [-0.2, 0) is 17.2 Å². The molecule has 0 N–H and O–H groups in total. The number of nitriles is 1. The number of carbonyl (C=O) groups excluding carboxylic acids is 1. The van der Waals surface area contributed by atoms with Gasteiger partial charge in [0.15, 0.2) is 0 Å². The number of benzene rings is 1. The molecule has 4 nitrogen and oxygen atoms in total. The Morgan fingerprint density at radius 3 is 2.70 bits per heavy atom. The lowest BCUT2D eigenvalue weighted by molar-refractivity contribution is 0.0516. The topological polar surface area (TPSA) is 55.0 Å². The van der Waals surface area contributed by atoms with Gasteiger partial charge < -0.3 is 9.30 Å². The highest BCUT2D eigenvalue weighted by Crippen LogP contribution is 2.60. The van der Waals surface area contributed by atoms with Crippen LogP contribution in [0.1, 0.15) is 73.5 Å². The molecule has 156 valence electrons. The van der Waals surface area contributed by atoms with Crippen molar-refractivity contribution in [3.63, 3.8) is 0 Å².